The molecule has 5 rings (SSSR count). The van der Waals surface area contributed by atoms with Gasteiger partial charge in [-0.3, -0.25) is 4.68 Å². The van der Waals surface area contributed by atoms with Crippen LogP contribution in [0.1, 0.15) is 27.8 Å². The molecule has 0 amide bonds. The fourth-order valence-electron chi connectivity index (χ4n) is 4.17. The van der Waals surface area contributed by atoms with Gasteiger partial charge < -0.3 is 16.4 Å². The van der Waals surface area contributed by atoms with Gasteiger partial charge in [-0.05, 0) is 65.3 Å². The first kappa shape index (κ1) is 22.3. The lowest BCUT2D eigenvalue weighted by atomic mass is 9.96. The van der Waals surface area contributed by atoms with E-state index in [4.69, 9.17) is 5.73 Å². The third kappa shape index (κ3) is 5.03. The molecule has 0 spiro atoms. The van der Waals surface area contributed by atoms with Gasteiger partial charge in [0.05, 0.1) is 12.7 Å². The maximum absolute atomic E-state index is 6.07. The number of aromatic nitrogens is 6. The highest BCUT2D eigenvalue weighted by Crippen LogP contribution is 2.28. The lowest BCUT2D eigenvalue weighted by Gasteiger charge is -2.15. The molecule has 4 N–H and O–H groups in total. The van der Waals surface area contributed by atoms with Crippen molar-refractivity contribution in [3.8, 4) is 0 Å². The SMILES string of the molecule is Cc1cc2c(N)nccc2c(C)c1CNc1nncc(NCc2ccc(Cn3cccn3)cc2)n1. The largest absolute Gasteiger partial charge is 0.383 e. The van der Waals surface area contributed by atoms with Gasteiger partial charge in [0.1, 0.15) is 5.82 Å². The van der Waals surface area contributed by atoms with E-state index < -0.39 is 0 Å². The Morgan fingerprint density at radius 2 is 1.77 bits per heavy atom. The second-order valence-corrected chi connectivity index (χ2v) is 8.48. The number of hydrogen-bond acceptors (Lipinski definition) is 8. The second-order valence-electron chi connectivity index (χ2n) is 8.48. The number of nitrogens with two attached hydrogens (primary N) is 1. The minimum absolute atomic E-state index is 0.470. The lowest BCUT2D eigenvalue weighted by Crippen LogP contribution is -2.10. The number of nitrogens with zero attached hydrogens (tertiary/aromatic N) is 6. The summed E-state index contributed by atoms with van der Waals surface area (Å²) in [5.41, 5.74) is 11.9. The van der Waals surface area contributed by atoms with Crippen molar-refractivity contribution in [1.82, 2.24) is 29.9 Å². The summed E-state index contributed by atoms with van der Waals surface area (Å²) in [7, 11) is 0. The lowest BCUT2D eigenvalue weighted by molar-refractivity contribution is 0.686. The molecule has 35 heavy (non-hydrogen) atoms. The zero-order chi connectivity index (χ0) is 24.2. The topological polar surface area (TPSA) is 119 Å². The fourth-order valence-corrected chi connectivity index (χ4v) is 4.17. The van der Waals surface area contributed by atoms with Crippen molar-refractivity contribution in [1.29, 1.82) is 0 Å². The highest BCUT2D eigenvalue weighted by atomic mass is 15.3. The molecule has 0 aliphatic carbocycles. The molecule has 5 aromatic rings. The first-order valence-corrected chi connectivity index (χ1v) is 11.4. The van der Waals surface area contributed by atoms with Crippen LogP contribution in [0.4, 0.5) is 17.6 Å². The Kier molecular flexibility index (Phi) is 6.21. The van der Waals surface area contributed by atoms with Gasteiger partial charge in [-0.1, -0.05) is 24.3 Å². The van der Waals surface area contributed by atoms with Gasteiger partial charge in [0.15, 0.2) is 5.82 Å². The molecule has 0 radical (unpaired) electrons. The molecule has 2 aromatic carbocycles. The van der Waals surface area contributed by atoms with Crippen molar-refractivity contribution in [2.45, 2.75) is 33.5 Å². The summed E-state index contributed by atoms with van der Waals surface area (Å²) >= 11 is 0. The van der Waals surface area contributed by atoms with Crippen LogP contribution < -0.4 is 16.4 Å². The molecular weight excluding hydrogens is 438 g/mol. The van der Waals surface area contributed by atoms with Crippen LogP contribution in [-0.4, -0.2) is 29.9 Å². The monoisotopic (exact) mass is 465 g/mol. The summed E-state index contributed by atoms with van der Waals surface area (Å²) in [5.74, 6) is 1.68. The van der Waals surface area contributed by atoms with Crippen LogP contribution in [0, 0.1) is 13.8 Å². The van der Waals surface area contributed by atoms with Gasteiger partial charge in [-0.2, -0.15) is 15.2 Å². The molecule has 0 bridgehead atoms. The van der Waals surface area contributed by atoms with Crippen LogP contribution in [0.5, 0.6) is 0 Å². The number of pyridine rings is 1. The van der Waals surface area contributed by atoms with Crippen LogP contribution in [0.3, 0.4) is 0 Å². The van der Waals surface area contributed by atoms with Gasteiger partial charge in [0.25, 0.3) is 0 Å². The fraction of sp³-hybridized carbons (Fsp3) is 0.192. The Bertz CT molecular complexity index is 1440. The average molecular weight is 466 g/mol. The quantitative estimate of drug-likeness (QED) is 0.313. The Labute approximate surface area is 203 Å². The van der Waals surface area contributed by atoms with Gasteiger partial charge >= 0.3 is 0 Å². The highest BCUT2D eigenvalue weighted by Gasteiger charge is 2.11. The average Bonchev–Trinajstić information content (AvgIpc) is 3.38. The Hall–Kier alpha value is -4.53. The van der Waals surface area contributed by atoms with E-state index in [2.05, 4.69) is 80.1 Å². The van der Waals surface area contributed by atoms with E-state index >= 15 is 0 Å². The summed E-state index contributed by atoms with van der Waals surface area (Å²) in [6, 6.07) is 14.4. The molecule has 176 valence electrons. The van der Waals surface area contributed by atoms with E-state index in [-0.39, 0.29) is 0 Å². The zero-order valence-electron chi connectivity index (χ0n) is 19.7. The number of nitrogens with one attached hydrogen (secondary N) is 2. The van der Waals surface area contributed by atoms with Gasteiger partial charge in [0.2, 0.25) is 5.95 Å². The Balaban J connectivity index is 1.22. The molecule has 9 nitrogen and oxygen atoms in total. The van der Waals surface area contributed by atoms with E-state index in [1.54, 1.807) is 18.6 Å². The molecule has 9 heteroatoms. The Morgan fingerprint density at radius 3 is 2.57 bits per heavy atom. The maximum atomic E-state index is 6.07. The standard InChI is InChI=1S/C26H27N9/c1-17-12-22-21(8-10-28-25(22)27)18(2)23(17)14-30-26-33-24(15-31-34-26)29-13-19-4-6-20(7-5-19)16-35-11-3-9-32-35/h3-12,15H,13-14,16H2,1-2H3,(H2,27,28)(H2,29,30,33,34). The summed E-state index contributed by atoms with van der Waals surface area (Å²) in [5, 5.41) is 21.2. The molecule has 0 aliphatic heterocycles. The summed E-state index contributed by atoms with van der Waals surface area (Å²) < 4.78 is 1.90. The van der Waals surface area contributed by atoms with Gasteiger partial charge in [-0.15, -0.1) is 5.10 Å². The number of aryl methyl sites for hydroxylation is 2. The van der Waals surface area contributed by atoms with Crippen LogP contribution >= 0.6 is 0 Å². The van der Waals surface area contributed by atoms with Crippen molar-refractivity contribution < 1.29 is 0 Å². The third-order valence-corrected chi connectivity index (χ3v) is 6.10. The van der Waals surface area contributed by atoms with E-state index in [1.165, 1.54) is 16.7 Å². The molecule has 0 unspecified atom stereocenters. The Morgan fingerprint density at radius 1 is 0.943 bits per heavy atom. The van der Waals surface area contributed by atoms with E-state index in [0.717, 1.165) is 28.4 Å². The molecule has 3 heterocycles. The van der Waals surface area contributed by atoms with Crippen LogP contribution in [0.15, 0.2) is 67.3 Å². The molecule has 0 atom stereocenters. The molecular formula is C26H27N9. The normalized spacial score (nSPS) is 11.0. The van der Waals surface area contributed by atoms with Crippen LogP contribution in [-0.2, 0) is 19.6 Å². The number of hydrogen-bond donors (Lipinski definition) is 3. The van der Waals surface area contributed by atoms with E-state index in [1.807, 2.05) is 23.0 Å². The minimum atomic E-state index is 0.470. The number of rotatable bonds is 8. The molecule has 3 aromatic heterocycles. The molecule has 0 saturated carbocycles. The number of nitrogen functional groups attached to an aromatic ring is 1. The predicted octanol–water partition coefficient (Wildman–Crippen LogP) is 4.09. The second kappa shape index (κ2) is 9.76. The minimum Gasteiger partial charge on any atom is -0.383 e. The number of benzene rings is 2. The third-order valence-electron chi connectivity index (χ3n) is 6.10. The summed E-state index contributed by atoms with van der Waals surface area (Å²) in [6.45, 7) is 6.15. The number of fused-ring (bicyclic) bond motifs is 1. The first-order valence-electron chi connectivity index (χ1n) is 11.4. The van der Waals surface area contributed by atoms with Crippen molar-refractivity contribution in [2.75, 3.05) is 16.4 Å². The van der Waals surface area contributed by atoms with Crippen LogP contribution in [0.25, 0.3) is 10.8 Å². The van der Waals surface area contributed by atoms with Crippen molar-refractivity contribution in [3.63, 3.8) is 0 Å². The summed E-state index contributed by atoms with van der Waals surface area (Å²) in [6.07, 6.45) is 7.11. The molecule has 0 aliphatic rings. The van der Waals surface area contributed by atoms with Crippen molar-refractivity contribution >= 4 is 28.4 Å². The van der Waals surface area contributed by atoms with Crippen molar-refractivity contribution in [3.05, 3.63) is 95.1 Å². The van der Waals surface area contributed by atoms with Gasteiger partial charge in [-0.25, -0.2) is 4.98 Å². The zero-order valence-corrected chi connectivity index (χ0v) is 19.7. The van der Waals surface area contributed by atoms with Gasteiger partial charge in [0, 0.05) is 37.1 Å². The van der Waals surface area contributed by atoms with E-state index in [0.29, 0.717) is 30.7 Å². The number of anilines is 3. The molecule has 0 saturated heterocycles. The van der Waals surface area contributed by atoms with Crippen LogP contribution in [0.2, 0.25) is 0 Å². The predicted molar refractivity (Wildman–Crippen MR) is 138 cm³/mol. The van der Waals surface area contributed by atoms with Crippen molar-refractivity contribution in [2.24, 2.45) is 0 Å². The van der Waals surface area contributed by atoms with E-state index in [9.17, 15) is 0 Å². The summed E-state index contributed by atoms with van der Waals surface area (Å²) in [4.78, 5) is 8.77. The maximum Gasteiger partial charge on any atom is 0.244 e. The molecule has 0 fully saturated rings. The smallest absolute Gasteiger partial charge is 0.244 e. The highest BCUT2D eigenvalue weighted by molar-refractivity contribution is 5.94. The first-order chi connectivity index (χ1) is 17.1.